The fourth-order valence-electron chi connectivity index (χ4n) is 1.99. The van der Waals surface area contributed by atoms with Crippen LogP contribution in [0.5, 0.6) is 5.75 Å². The van der Waals surface area contributed by atoms with Crippen LogP contribution in [0, 0.1) is 0 Å². The molecule has 0 atom stereocenters. The predicted octanol–water partition coefficient (Wildman–Crippen LogP) is 5.02. The van der Waals surface area contributed by atoms with E-state index in [1.165, 1.54) is 0 Å². The molecule has 0 saturated carbocycles. The van der Waals surface area contributed by atoms with Crippen LogP contribution in [0.25, 0.3) is 6.08 Å². The molecule has 1 aromatic carbocycles. The van der Waals surface area contributed by atoms with E-state index in [-0.39, 0.29) is 0 Å². The Bertz CT molecular complexity index is 702. The number of likely N-dealkylation sites (N-methyl/N-ethyl adjacent to an activating group) is 1. The van der Waals surface area contributed by atoms with Gasteiger partial charge in [-0.2, -0.15) is 0 Å². The number of nitrogens with one attached hydrogen (secondary N) is 2. The Morgan fingerprint density at radius 1 is 1.12 bits per heavy atom. The van der Waals surface area contributed by atoms with Gasteiger partial charge in [0, 0.05) is 23.3 Å². The SMILES string of the molecule is C\C=C/C=C\C=C\c1cnc(Nc2ccc(OCCNCC)cc2)s1. The summed E-state index contributed by atoms with van der Waals surface area (Å²) in [6, 6.07) is 7.93. The van der Waals surface area contributed by atoms with Crippen LogP contribution in [-0.2, 0) is 0 Å². The smallest absolute Gasteiger partial charge is 0.187 e. The molecule has 0 amide bonds. The lowest BCUT2D eigenvalue weighted by Gasteiger charge is -2.07. The fraction of sp³-hybridized carbons (Fsp3) is 0.250. The lowest BCUT2D eigenvalue weighted by Crippen LogP contribution is -2.20. The van der Waals surface area contributed by atoms with Gasteiger partial charge in [-0.25, -0.2) is 4.98 Å². The summed E-state index contributed by atoms with van der Waals surface area (Å²) in [5.74, 6) is 0.874. The number of rotatable bonds is 10. The standard InChI is InChI=1S/C20H25N3OS/c1-3-5-6-7-8-9-19-16-22-20(25-19)23-17-10-12-18(13-11-17)24-15-14-21-4-2/h3,5-13,16,21H,4,14-15H2,1-2H3,(H,22,23)/b5-3-,7-6-,9-8+. The second-order valence-corrected chi connectivity index (χ2v) is 6.25. The maximum Gasteiger partial charge on any atom is 0.187 e. The van der Waals surface area contributed by atoms with Crippen molar-refractivity contribution in [3.05, 3.63) is 65.7 Å². The highest BCUT2D eigenvalue weighted by molar-refractivity contribution is 7.16. The summed E-state index contributed by atoms with van der Waals surface area (Å²) >= 11 is 1.61. The van der Waals surface area contributed by atoms with Gasteiger partial charge in [0.2, 0.25) is 0 Å². The first-order valence-electron chi connectivity index (χ1n) is 8.44. The minimum atomic E-state index is 0.672. The van der Waals surface area contributed by atoms with Crippen LogP contribution < -0.4 is 15.4 Å². The Morgan fingerprint density at radius 2 is 1.92 bits per heavy atom. The molecule has 0 aliphatic heterocycles. The molecule has 25 heavy (non-hydrogen) atoms. The molecule has 2 rings (SSSR count). The van der Waals surface area contributed by atoms with Crippen molar-refractivity contribution in [3.8, 4) is 5.75 Å². The van der Waals surface area contributed by atoms with Crippen molar-refractivity contribution in [1.29, 1.82) is 0 Å². The average molecular weight is 356 g/mol. The maximum atomic E-state index is 5.67. The second-order valence-electron chi connectivity index (χ2n) is 5.19. The molecule has 5 heteroatoms. The van der Waals surface area contributed by atoms with Crippen LogP contribution in [0.4, 0.5) is 10.8 Å². The highest BCUT2D eigenvalue weighted by Gasteiger charge is 2.01. The number of nitrogens with zero attached hydrogens (tertiary/aromatic N) is 1. The van der Waals surface area contributed by atoms with Gasteiger partial charge in [0.1, 0.15) is 12.4 Å². The Morgan fingerprint density at radius 3 is 2.68 bits per heavy atom. The molecular weight excluding hydrogens is 330 g/mol. The van der Waals surface area contributed by atoms with Gasteiger partial charge in [0.15, 0.2) is 5.13 Å². The van der Waals surface area contributed by atoms with Gasteiger partial charge in [-0.1, -0.05) is 48.6 Å². The number of hydrogen-bond acceptors (Lipinski definition) is 5. The van der Waals surface area contributed by atoms with E-state index in [4.69, 9.17) is 4.74 Å². The second kappa shape index (κ2) is 11.2. The number of hydrogen-bond donors (Lipinski definition) is 2. The fourth-order valence-corrected chi connectivity index (χ4v) is 2.74. The lowest BCUT2D eigenvalue weighted by molar-refractivity contribution is 0.315. The van der Waals surface area contributed by atoms with Crippen LogP contribution in [0.3, 0.4) is 0 Å². The van der Waals surface area contributed by atoms with Crippen molar-refractivity contribution in [1.82, 2.24) is 10.3 Å². The summed E-state index contributed by atoms with van der Waals surface area (Å²) in [5.41, 5.74) is 0.997. The molecule has 2 N–H and O–H groups in total. The average Bonchev–Trinajstić information content (AvgIpc) is 3.07. The van der Waals surface area contributed by atoms with E-state index < -0.39 is 0 Å². The van der Waals surface area contributed by atoms with Crippen LogP contribution in [0.2, 0.25) is 0 Å². The number of anilines is 2. The van der Waals surface area contributed by atoms with E-state index in [1.54, 1.807) is 11.3 Å². The van der Waals surface area contributed by atoms with Crippen LogP contribution in [0.15, 0.2) is 60.8 Å². The third-order valence-electron chi connectivity index (χ3n) is 3.21. The van der Waals surface area contributed by atoms with E-state index in [0.29, 0.717) is 6.61 Å². The normalized spacial score (nSPS) is 11.8. The van der Waals surface area contributed by atoms with Crippen LogP contribution in [0.1, 0.15) is 18.7 Å². The summed E-state index contributed by atoms with van der Waals surface area (Å²) in [6.07, 6.45) is 13.9. The number of aromatic nitrogens is 1. The molecule has 0 spiro atoms. The van der Waals surface area contributed by atoms with E-state index in [2.05, 4.69) is 22.5 Å². The van der Waals surface area contributed by atoms with Gasteiger partial charge in [-0.3, -0.25) is 0 Å². The van der Waals surface area contributed by atoms with E-state index >= 15 is 0 Å². The first-order chi connectivity index (χ1) is 12.3. The molecule has 0 radical (unpaired) electrons. The van der Waals surface area contributed by atoms with Gasteiger partial charge in [-0.05, 0) is 43.8 Å². The van der Waals surface area contributed by atoms with Crippen molar-refractivity contribution < 1.29 is 4.74 Å². The molecule has 4 nitrogen and oxygen atoms in total. The lowest BCUT2D eigenvalue weighted by atomic mass is 10.3. The Balaban J connectivity index is 1.83. The number of allylic oxidation sites excluding steroid dienone is 5. The third kappa shape index (κ3) is 7.37. The Labute approximate surface area is 154 Å². The van der Waals surface area contributed by atoms with E-state index in [0.717, 1.165) is 34.5 Å². The summed E-state index contributed by atoms with van der Waals surface area (Å²) in [6.45, 7) is 6.57. The molecule has 1 aromatic heterocycles. The van der Waals surface area contributed by atoms with Gasteiger partial charge < -0.3 is 15.4 Å². The first kappa shape index (κ1) is 19.0. The quantitative estimate of drug-likeness (QED) is 0.464. The molecule has 132 valence electrons. The van der Waals surface area contributed by atoms with Gasteiger partial charge >= 0.3 is 0 Å². The zero-order valence-corrected chi connectivity index (χ0v) is 15.6. The monoisotopic (exact) mass is 355 g/mol. The number of benzene rings is 1. The number of ether oxygens (including phenoxy) is 1. The van der Waals surface area contributed by atoms with Crippen molar-refractivity contribution in [3.63, 3.8) is 0 Å². The highest BCUT2D eigenvalue weighted by Crippen LogP contribution is 2.24. The molecule has 0 aliphatic rings. The summed E-state index contributed by atoms with van der Waals surface area (Å²) in [4.78, 5) is 5.51. The van der Waals surface area contributed by atoms with Crippen molar-refractivity contribution in [2.45, 2.75) is 13.8 Å². The first-order valence-corrected chi connectivity index (χ1v) is 9.26. The zero-order chi connectivity index (χ0) is 17.7. The molecule has 0 aliphatic carbocycles. The topological polar surface area (TPSA) is 46.2 Å². The zero-order valence-electron chi connectivity index (χ0n) is 14.7. The predicted molar refractivity (Wildman–Crippen MR) is 109 cm³/mol. The highest BCUT2D eigenvalue weighted by atomic mass is 32.1. The third-order valence-corrected chi connectivity index (χ3v) is 4.09. The minimum Gasteiger partial charge on any atom is -0.492 e. The largest absolute Gasteiger partial charge is 0.492 e. The van der Waals surface area contributed by atoms with Crippen LogP contribution in [-0.4, -0.2) is 24.7 Å². The maximum absolute atomic E-state index is 5.67. The van der Waals surface area contributed by atoms with E-state index in [9.17, 15) is 0 Å². The minimum absolute atomic E-state index is 0.672. The van der Waals surface area contributed by atoms with E-state index in [1.807, 2.05) is 73.8 Å². The molecule has 2 aromatic rings. The molecule has 0 saturated heterocycles. The summed E-state index contributed by atoms with van der Waals surface area (Å²) in [7, 11) is 0. The Hall–Kier alpha value is -2.37. The molecule has 0 bridgehead atoms. The molecular formula is C20H25N3OS. The van der Waals surface area contributed by atoms with Crippen molar-refractivity contribution >= 4 is 28.2 Å². The Kier molecular flexibility index (Phi) is 8.52. The van der Waals surface area contributed by atoms with Crippen molar-refractivity contribution in [2.24, 2.45) is 0 Å². The molecule has 1 heterocycles. The molecule has 0 fully saturated rings. The van der Waals surface area contributed by atoms with Crippen molar-refractivity contribution in [2.75, 3.05) is 25.0 Å². The van der Waals surface area contributed by atoms with Gasteiger partial charge in [0.25, 0.3) is 0 Å². The van der Waals surface area contributed by atoms with Gasteiger partial charge in [-0.15, -0.1) is 0 Å². The molecule has 0 unspecified atom stereocenters. The van der Waals surface area contributed by atoms with Gasteiger partial charge in [0.05, 0.1) is 0 Å². The van der Waals surface area contributed by atoms with Crippen LogP contribution >= 0.6 is 11.3 Å². The summed E-state index contributed by atoms with van der Waals surface area (Å²) < 4.78 is 5.67. The number of thiazole rings is 1. The summed E-state index contributed by atoms with van der Waals surface area (Å²) in [5, 5.41) is 7.42.